The first-order chi connectivity index (χ1) is 15.0. The summed E-state index contributed by atoms with van der Waals surface area (Å²) >= 11 is 0. The third-order valence-electron chi connectivity index (χ3n) is 4.45. The Morgan fingerprint density at radius 2 is 1.97 bits per heavy atom. The summed E-state index contributed by atoms with van der Waals surface area (Å²) in [5, 5.41) is 16.6. The van der Waals surface area contributed by atoms with E-state index in [0.29, 0.717) is 23.8 Å². The van der Waals surface area contributed by atoms with Gasteiger partial charge in [-0.05, 0) is 24.6 Å². The van der Waals surface area contributed by atoms with Gasteiger partial charge in [0.15, 0.2) is 0 Å². The maximum atomic E-state index is 13.1. The molecule has 4 rings (SSSR count). The first-order valence-electron chi connectivity index (χ1n) is 9.46. The van der Waals surface area contributed by atoms with Gasteiger partial charge in [0.25, 0.3) is 0 Å². The summed E-state index contributed by atoms with van der Waals surface area (Å²) in [6, 6.07) is 7.41. The number of hydrogen-bond donors (Lipinski definition) is 1. The molecule has 10 heteroatoms. The second-order valence-electron chi connectivity index (χ2n) is 6.97. The number of nitriles is 1. The number of aryl methyl sites for hydroxylation is 1. The number of ether oxygens (including phenoxy) is 1. The normalized spacial score (nSPS) is 11.7. The largest absolute Gasteiger partial charge is 0.487 e. The first-order valence-corrected chi connectivity index (χ1v) is 9.46. The van der Waals surface area contributed by atoms with E-state index in [1.807, 2.05) is 26.2 Å². The van der Waals surface area contributed by atoms with E-state index in [2.05, 4.69) is 31.4 Å². The fourth-order valence-electron chi connectivity index (χ4n) is 3.03. The van der Waals surface area contributed by atoms with Crippen molar-refractivity contribution in [2.45, 2.75) is 19.6 Å². The Bertz CT molecular complexity index is 1220. The molecule has 0 radical (unpaired) electrons. The summed E-state index contributed by atoms with van der Waals surface area (Å²) in [4.78, 5) is 12.2. The summed E-state index contributed by atoms with van der Waals surface area (Å²) < 4.78 is 22.3. The predicted octanol–water partition coefficient (Wildman–Crippen LogP) is 3.30. The van der Waals surface area contributed by atoms with E-state index < -0.39 is 5.95 Å². The van der Waals surface area contributed by atoms with Crippen molar-refractivity contribution >= 4 is 11.6 Å². The van der Waals surface area contributed by atoms with Crippen LogP contribution in [0, 0.1) is 17.3 Å². The number of nitrogens with one attached hydrogen (secondary N) is 1. The number of halogens is 1. The molecule has 1 atom stereocenters. The Kier molecular flexibility index (Phi) is 5.57. The lowest BCUT2D eigenvalue weighted by atomic mass is 10.1. The molecule has 0 aliphatic heterocycles. The Balaban J connectivity index is 1.50. The van der Waals surface area contributed by atoms with Crippen LogP contribution in [-0.4, -0.2) is 35.4 Å². The summed E-state index contributed by atoms with van der Waals surface area (Å²) in [7, 11) is 1.83. The molecule has 1 unspecified atom stereocenters. The van der Waals surface area contributed by atoms with Crippen LogP contribution in [0.15, 0.2) is 55.5 Å². The topological polar surface area (TPSA) is 106 Å². The van der Waals surface area contributed by atoms with E-state index in [1.165, 1.54) is 12.5 Å². The van der Waals surface area contributed by atoms with Crippen LogP contribution in [0.25, 0.3) is 11.1 Å². The number of rotatable bonds is 7. The van der Waals surface area contributed by atoms with Crippen molar-refractivity contribution < 1.29 is 9.13 Å². The second kappa shape index (κ2) is 8.62. The Hall–Kier alpha value is -4.26. The van der Waals surface area contributed by atoms with Gasteiger partial charge in [-0.1, -0.05) is 6.07 Å². The second-order valence-corrected chi connectivity index (χ2v) is 6.97. The number of imidazole rings is 1. The van der Waals surface area contributed by atoms with E-state index in [0.717, 1.165) is 16.8 Å². The fourth-order valence-corrected chi connectivity index (χ4v) is 3.03. The van der Waals surface area contributed by atoms with E-state index in [-0.39, 0.29) is 6.10 Å². The van der Waals surface area contributed by atoms with E-state index >= 15 is 0 Å². The average Bonchev–Trinajstić information content (AvgIpc) is 3.35. The fraction of sp³-hybridized carbons (Fsp3) is 0.190. The summed E-state index contributed by atoms with van der Waals surface area (Å²) in [6.07, 6.45) is 9.26. The molecule has 0 fully saturated rings. The SMILES string of the molecule is CC(Cn1cnc(F)c1)Oc1cc(-c2cnc(Nc3cnn(C)c3)nc2)ccc1C#N. The van der Waals surface area contributed by atoms with Gasteiger partial charge >= 0.3 is 0 Å². The quantitative estimate of drug-likeness (QED) is 0.491. The highest BCUT2D eigenvalue weighted by molar-refractivity contribution is 5.66. The molecular weight excluding hydrogens is 399 g/mol. The lowest BCUT2D eigenvalue weighted by Crippen LogP contribution is -2.19. The zero-order valence-corrected chi connectivity index (χ0v) is 16.9. The Morgan fingerprint density at radius 1 is 1.16 bits per heavy atom. The molecule has 156 valence electrons. The Labute approximate surface area is 177 Å². The van der Waals surface area contributed by atoms with Gasteiger partial charge < -0.3 is 14.6 Å². The van der Waals surface area contributed by atoms with Gasteiger partial charge in [-0.3, -0.25) is 4.68 Å². The molecule has 0 saturated carbocycles. The molecule has 0 aliphatic rings. The molecule has 4 aromatic rings. The molecule has 0 saturated heterocycles. The number of aromatic nitrogens is 6. The van der Waals surface area contributed by atoms with Gasteiger partial charge in [-0.25, -0.2) is 15.0 Å². The molecule has 1 aromatic carbocycles. The van der Waals surface area contributed by atoms with Crippen molar-refractivity contribution in [1.82, 2.24) is 29.3 Å². The average molecular weight is 418 g/mol. The van der Waals surface area contributed by atoms with Gasteiger partial charge in [0.2, 0.25) is 11.9 Å². The lowest BCUT2D eigenvalue weighted by molar-refractivity contribution is 0.199. The minimum atomic E-state index is -0.548. The zero-order chi connectivity index (χ0) is 21.8. The maximum Gasteiger partial charge on any atom is 0.230 e. The number of nitrogens with zero attached hydrogens (tertiary/aromatic N) is 7. The van der Waals surface area contributed by atoms with Gasteiger partial charge in [0.05, 0.1) is 36.5 Å². The summed E-state index contributed by atoms with van der Waals surface area (Å²) in [5.41, 5.74) is 2.78. The molecule has 3 aromatic heterocycles. The van der Waals surface area contributed by atoms with Crippen molar-refractivity contribution in [2.75, 3.05) is 5.32 Å². The number of anilines is 2. The number of benzene rings is 1. The molecule has 0 amide bonds. The standard InChI is InChI=1S/C21H19FN8O/c1-14(10-30-12-20(22)26-13-30)31-19-5-15(3-4-16(19)6-23)17-7-24-21(25-8-17)28-18-9-27-29(2)11-18/h3-5,7-9,11-14H,10H2,1-2H3,(H,24,25,28). The van der Waals surface area contributed by atoms with Crippen LogP contribution in [0.4, 0.5) is 16.0 Å². The third kappa shape index (κ3) is 4.84. The molecule has 0 aliphatic carbocycles. The third-order valence-corrected chi connectivity index (χ3v) is 4.45. The number of hydrogen-bond acceptors (Lipinski definition) is 7. The van der Waals surface area contributed by atoms with Crippen molar-refractivity contribution in [2.24, 2.45) is 7.05 Å². The molecular formula is C21H19FN8O. The summed E-state index contributed by atoms with van der Waals surface area (Å²) in [5.74, 6) is 0.335. The van der Waals surface area contributed by atoms with Crippen LogP contribution in [0.5, 0.6) is 5.75 Å². The maximum absolute atomic E-state index is 13.1. The smallest absolute Gasteiger partial charge is 0.230 e. The monoisotopic (exact) mass is 418 g/mol. The lowest BCUT2D eigenvalue weighted by Gasteiger charge is -2.17. The molecule has 3 heterocycles. The van der Waals surface area contributed by atoms with Crippen molar-refractivity contribution in [3.63, 3.8) is 0 Å². The minimum Gasteiger partial charge on any atom is -0.487 e. The zero-order valence-electron chi connectivity index (χ0n) is 16.9. The van der Waals surface area contributed by atoms with Crippen LogP contribution < -0.4 is 10.1 Å². The predicted molar refractivity (Wildman–Crippen MR) is 111 cm³/mol. The summed E-state index contributed by atoms with van der Waals surface area (Å²) in [6.45, 7) is 2.23. The Morgan fingerprint density at radius 3 is 2.61 bits per heavy atom. The van der Waals surface area contributed by atoms with Gasteiger partial charge in [0, 0.05) is 31.2 Å². The van der Waals surface area contributed by atoms with Gasteiger partial charge in [-0.2, -0.15) is 14.8 Å². The van der Waals surface area contributed by atoms with E-state index in [9.17, 15) is 9.65 Å². The van der Waals surface area contributed by atoms with Crippen molar-refractivity contribution in [1.29, 1.82) is 5.26 Å². The van der Waals surface area contributed by atoms with E-state index in [1.54, 1.807) is 40.0 Å². The minimum absolute atomic E-state index is 0.307. The van der Waals surface area contributed by atoms with Crippen LogP contribution in [0.1, 0.15) is 12.5 Å². The molecule has 31 heavy (non-hydrogen) atoms. The van der Waals surface area contributed by atoms with Crippen LogP contribution >= 0.6 is 0 Å². The molecule has 0 spiro atoms. The molecule has 1 N–H and O–H groups in total. The highest BCUT2D eigenvalue weighted by atomic mass is 19.1. The highest BCUT2D eigenvalue weighted by Gasteiger charge is 2.12. The van der Waals surface area contributed by atoms with Crippen LogP contribution in [0.3, 0.4) is 0 Å². The highest BCUT2D eigenvalue weighted by Crippen LogP contribution is 2.28. The van der Waals surface area contributed by atoms with Gasteiger partial charge in [0.1, 0.15) is 17.9 Å². The van der Waals surface area contributed by atoms with Crippen molar-refractivity contribution in [3.8, 4) is 22.9 Å². The van der Waals surface area contributed by atoms with E-state index in [4.69, 9.17) is 4.74 Å². The van der Waals surface area contributed by atoms with Gasteiger partial charge in [-0.15, -0.1) is 0 Å². The van der Waals surface area contributed by atoms with Crippen molar-refractivity contribution in [3.05, 3.63) is 67.0 Å². The molecule has 9 nitrogen and oxygen atoms in total. The van der Waals surface area contributed by atoms with Crippen LogP contribution in [0.2, 0.25) is 0 Å². The van der Waals surface area contributed by atoms with Crippen LogP contribution in [-0.2, 0) is 13.6 Å². The first kappa shape index (κ1) is 20.0. The molecule has 0 bridgehead atoms.